The predicted molar refractivity (Wildman–Crippen MR) is 298 cm³/mol. The van der Waals surface area contributed by atoms with Crippen LogP contribution in [0.15, 0.2) is 127 Å². The molecule has 1 heterocycles. The lowest BCUT2D eigenvalue weighted by Gasteiger charge is -2.26. The van der Waals surface area contributed by atoms with Gasteiger partial charge in [-0.05, 0) is 169 Å². The number of hydrogen-bond acceptors (Lipinski definition) is 18. The van der Waals surface area contributed by atoms with Crippen LogP contribution in [0, 0.1) is 23.7 Å². The van der Waals surface area contributed by atoms with Crippen LogP contribution in [-0.2, 0) is 38.2 Å². The molecular weight excluding hydrogens is 1030 g/mol. The minimum atomic E-state index is -0.468. The van der Waals surface area contributed by atoms with Crippen molar-refractivity contribution in [3.63, 3.8) is 0 Å². The summed E-state index contributed by atoms with van der Waals surface area (Å²) in [6.45, 7) is 8.57. The normalized spacial score (nSPS) is 17.1. The molecule has 2 fully saturated rings. The smallest absolute Gasteiger partial charge is 0.330 e. The van der Waals surface area contributed by atoms with E-state index in [1.807, 2.05) is 30.3 Å². The van der Waals surface area contributed by atoms with Crippen LogP contribution >= 0.6 is 11.3 Å². The van der Waals surface area contributed by atoms with Gasteiger partial charge in [0.1, 0.15) is 38.2 Å². The van der Waals surface area contributed by atoms with E-state index in [1.165, 1.54) is 17.6 Å². The lowest BCUT2D eigenvalue weighted by molar-refractivity contribution is -0.145. The summed E-state index contributed by atoms with van der Waals surface area (Å²) in [4.78, 5) is 80.9. The van der Waals surface area contributed by atoms with Gasteiger partial charge in [-0.15, -0.1) is 11.3 Å². The van der Waals surface area contributed by atoms with Crippen molar-refractivity contribution in [2.75, 3.05) is 26.4 Å². The van der Waals surface area contributed by atoms with Crippen molar-refractivity contribution in [2.24, 2.45) is 33.9 Å². The highest BCUT2D eigenvalue weighted by molar-refractivity contribution is 7.20. The lowest BCUT2D eigenvalue weighted by atomic mass is 9.82. The van der Waals surface area contributed by atoms with Crippen LogP contribution in [0.1, 0.15) is 113 Å². The molecule has 0 amide bonds. The first kappa shape index (κ1) is 58.7. The molecule has 7 rings (SSSR count). The molecule has 1 aromatic heterocycles. The largest absolute Gasteiger partial charge is 0.494 e. The number of esters is 6. The Labute approximate surface area is 464 Å². The molecule has 2 aliphatic carbocycles. The zero-order valence-corrected chi connectivity index (χ0v) is 45.1. The second kappa shape index (κ2) is 31.4. The molecule has 0 spiro atoms. The molecule has 2 aliphatic rings. The standard InChI is InChI=1S/C61H67N3O14S/c1-3-54(65)73-38-14-7-5-12-36-71-47-26-30-49(31-27-47)75-58(67)43-18-22-45(23-19-43)60(69)77-51-34-35-52(57-56(51)64-53(79-57)41-63-62-40-42-16-10-9-11-17-42)78-61(70)46-24-20-44(21-25-46)59(68)76-50-32-28-48(29-33-50)72-37-13-6-8-15-39-74-55(66)4-2/h3-4,9-11,16-17,26-35,40-41,43-46H,1-2,5-8,12-15,18-25,36-39H2/b62-40+,63-41-. The molecule has 0 atom stereocenters. The number of ether oxygens (including phenoxy) is 8. The molecule has 79 heavy (non-hydrogen) atoms. The topological polar surface area (TPSA) is 214 Å². The van der Waals surface area contributed by atoms with Crippen molar-refractivity contribution in [1.82, 2.24) is 4.98 Å². The molecule has 17 nitrogen and oxygen atoms in total. The van der Waals surface area contributed by atoms with Gasteiger partial charge in [0.15, 0.2) is 11.5 Å². The van der Waals surface area contributed by atoms with Gasteiger partial charge in [0.25, 0.3) is 0 Å². The van der Waals surface area contributed by atoms with Crippen molar-refractivity contribution < 1.29 is 66.7 Å². The van der Waals surface area contributed by atoms with Crippen molar-refractivity contribution in [3.8, 4) is 34.5 Å². The highest BCUT2D eigenvalue weighted by atomic mass is 32.1. The van der Waals surface area contributed by atoms with Gasteiger partial charge in [-0.2, -0.15) is 10.2 Å². The zero-order chi connectivity index (χ0) is 55.6. The van der Waals surface area contributed by atoms with Crippen LogP contribution < -0.4 is 28.4 Å². The van der Waals surface area contributed by atoms with E-state index in [9.17, 15) is 28.8 Å². The molecule has 2 saturated carbocycles. The molecule has 4 aromatic carbocycles. The summed E-state index contributed by atoms with van der Waals surface area (Å²) in [5.74, 6) is -1.58. The molecular formula is C61H67N3O14S. The Hall–Kier alpha value is -7.99. The summed E-state index contributed by atoms with van der Waals surface area (Å²) in [5, 5.41) is 8.78. The number of benzene rings is 4. The summed E-state index contributed by atoms with van der Waals surface area (Å²) in [7, 11) is 0. The Morgan fingerprint density at radius 3 is 1.32 bits per heavy atom. The number of aromatic nitrogens is 1. The van der Waals surface area contributed by atoms with Gasteiger partial charge in [-0.25, -0.2) is 14.6 Å². The van der Waals surface area contributed by atoms with E-state index in [-0.39, 0.29) is 35.3 Å². The van der Waals surface area contributed by atoms with Gasteiger partial charge in [-0.3, -0.25) is 19.2 Å². The predicted octanol–water partition coefficient (Wildman–Crippen LogP) is 11.7. The van der Waals surface area contributed by atoms with Crippen LogP contribution in [0.25, 0.3) is 10.2 Å². The quantitative estimate of drug-likeness (QED) is 0.0109. The van der Waals surface area contributed by atoms with Gasteiger partial charge in [0, 0.05) is 12.2 Å². The Bertz CT molecular complexity index is 2720. The molecule has 0 unspecified atom stereocenters. The van der Waals surface area contributed by atoms with E-state index in [1.54, 1.807) is 66.9 Å². The second-order valence-electron chi connectivity index (χ2n) is 19.2. The monoisotopic (exact) mass is 1100 g/mol. The molecule has 0 saturated heterocycles. The first-order chi connectivity index (χ1) is 38.5. The zero-order valence-electron chi connectivity index (χ0n) is 44.3. The average Bonchev–Trinajstić information content (AvgIpc) is 4.13. The van der Waals surface area contributed by atoms with Gasteiger partial charge < -0.3 is 37.9 Å². The fourth-order valence-electron chi connectivity index (χ4n) is 9.00. The Morgan fingerprint density at radius 2 is 0.861 bits per heavy atom. The molecule has 5 aromatic rings. The Morgan fingerprint density at radius 1 is 0.468 bits per heavy atom. The Kier molecular flexibility index (Phi) is 23.3. The van der Waals surface area contributed by atoms with E-state index < -0.39 is 35.7 Å². The van der Waals surface area contributed by atoms with Crippen LogP contribution in [0.5, 0.6) is 34.5 Å². The first-order valence-corrected chi connectivity index (χ1v) is 27.8. The fourth-order valence-corrected chi connectivity index (χ4v) is 9.89. The number of carbonyl (C=O) groups excluding carboxylic acids is 6. The summed E-state index contributed by atoms with van der Waals surface area (Å²) in [6.07, 6.45) is 15.8. The van der Waals surface area contributed by atoms with Crippen LogP contribution in [0.3, 0.4) is 0 Å². The Balaban J connectivity index is 0.872. The summed E-state index contributed by atoms with van der Waals surface area (Å²) in [5.41, 5.74) is 1.18. The number of rotatable bonds is 29. The van der Waals surface area contributed by atoms with Crippen LogP contribution in [0.2, 0.25) is 0 Å². The number of carbonyl (C=O) groups is 6. The molecule has 0 N–H and O–H groups in total. The average molecular weight is 1100 g/mol. The lowest BCUT2D eigenvalue weighted by Crippen LogP contribution is -2.30. The van der Waals surface area contributed by atoms with Crippen LogP contribution in [-0.4, -0.2) is 79.7 Å². The third kappa shape index (κ3) is 19.2. The molecule has 0 bridgehead atoms. The maximum atomic E-state index is 13.7. The minimum Gasteiger partial charge on any atom is -0.494 e. The maximum absolute atomic E-state index is 13.7. The van der Waals surface area contributed by atoms with E-state index >= 15 is 0 Å². The second-order valence-corrected chi connectivity index (χ2v) is 20.2. The van der Waals surface area contributed by atoms with Crippen molar-refractivity contribution in [2.45, 2.75) is 103 Å². The highest BCUT2D eigenvalue weighted by Crippen LogP contribution is 2.40. The van der Waals surface area contributed by atoms with Crippen molar-refractivity contribution >= 4 is 69.8 Å². The van der Waals surface area contributed by atoms with Crippen LogP contribution in [0.4, 0.5) is 0 Å². The third-order valence-corrected chi connectivity index (χ3v) is 14.5. The van der Waals surface area contributed by atoms with E-state index in [0.29, 0.717) is 116 Å². The fraction of sp³-hybridized carbons (Fsp3) is 0.393. The number of fused-ring (bicyclic) bond motifs is 1. The van der Waals surface area contributed by atoms with Crippen molar-refractivity contribution in [3.05, 3.63) is 127 Å². The number of unbranched alkanes of at least 4 members (excludes halogenated alkanes) is 6. The SMILES string of the molecule is C=CC(=O)OCCCCCCOc1ccc(OC(=O)C2CCC(C(=O)Oc3ccc(OC(=O)C4CCC(C(=O)Oc5ccc(OCCCCCCOC(=O)C=C)cc5)CC4)c4sc(/C=N\N=C\c5ccccc5)nc34)CC2)cc1. The number of hydrogen-bond donors (Lipinski definition) is 0. The molecule has 18 heteroatoms. The van der Waals surface area contributed by atoms with Gasteiger partial charge in [0.05, 0.1) is 62.5 Å². The van der Waals surface area contributed by atoms with Gasteiger partial charge in [0.2, 0.25) is 0 Å². The summed E-state index contributed by atoms with van der Waals surface area (Å²) in [6, 6.07) is 26.4. The van der Waals surface area contributed by atoms with Gasteiger partial charge in [-0.1, -0.05) is 43.5 Å². The minimum absolute atomic E-state index is 0.191. The highest BCUT2D eigenvalue weighted by Gasteiger charge is 2.35. The molecule has 0 aliphatic heterocycles. The summed E-state index contributed by atoms with van der Waals surface area (Å²) >= 11 is 1.21. The number of thiazole rings is 1. The molecule has 416 valence electrons. The van der Waals surface area contributed by atoms with E-state index in [0.717, 1.165) is 69.1 Å². The van der Waals surface area contributed by atoms with E-state index in [2.05, 4.69) is 23.4 Å². The maximum Gasteiger partial charge on any atom is 0.330 e. The number of nitrogens with zero attached hydrogens (tertiary/aromatic N) is 3. The third-order valence-electron chi connectivity index (χ3n) is 13.5. The van der Waals surface area contributed by atoms with Gasteiger partial charge >= 0.3 is 35.8 Å². The summed E-state index contributed by atoms with van der Waals surface area (Å²) < 4.78 is 45.6. The van der Waals surface area contributed by atoms with E-state index in [4.69, 9.17) is 42.9 Å². The van der Waals surface area contributed by atoms with Crippen molar-refractivity contribution in [1.29, 1.82) is 0 Å². The first-order valence-electron chi connectivity index (χ1n) is 27.0. The molecule has 0 radical (unpaired) electrons.